The van der Waals surface area contributed by atoms with E-state index in [0.29, 0.717) is 18.8 Å². The number of hydrogen-bond acceptors (Lipinski definition) is 4. The maximum Gasteiger partial charge on any atom is 0.322 e. The Balaban J connectivity index is 1.37. The number of carbonyl (C=O) groups excluding carboxylic acids is 1. The van der Waals surface area contributed by atoms with Gasteiger partial charge in [-0.05, 0) is 69.7 Å². The van der Waals surface area contributed by atoms with Gasteiger partial charge in [-0.1, -0.05) is 17.7 Å². The second-order valence-electron chi connectivity index (χ2n) is 8.37. The van der Waals surface area contributed by atoms with Gasteiger partial charge < -0.3 is 10.2 Å². The SMILES string of the molecule is O=C(Nc1ccc[n+](O)c1)N1CCN(C2c3ccc(Cl)cc3CCc3cc(Br)cnc32)CC1. The molecule has 1 fully saturated rings. The van der Waals surface area contributed by atoms with Crippen LogP contribution < -0.4 is 10.0 Å². The quantitative estimate of drug-likeness (QED) is 0.388. The molecular weight excluding hydrogens is 506 g/mol. The van der Waals surface area contributed by atoms with Crippen molar-refractivity contribution in [3.63, 3.8) is 0 Å². The maximum atomic E-state index is 12.8. The number of fused-ring (bicyclic) bond motifs is 2. The molecule has 3 heterocycles. The first-order chi connectivity index (χ1) is 16.0. The lowest BCUT2D eigenvalue weighted by molar-refractivity contribution is -0.904. The molecule has 2 amide bonds. The predicted octanol–water partition coefficient (Wildman–Crippen LogP) is 4.06. The number of nitrogens with one attached hydrogen (secondary N) is 1. The van der Waals surface area contributed by atoms with Crippen molar-refractivity contribution in [1.29, 1.82) is 0 Å². The number of rotatable bonds is 2. The van der Waals surface area contributed by atoms with Gasteiger partial charge in [0.05, 0.1) is 11.7 Å². The fourth-order valence-electron chi connectivity index (χ4n) is 4.71. The van der Waals surface area contributed by atoms with E-state index in [1.165, 1.54) is 29.1 Å². The summed E-state index contributed by atoms with van der Waals surface area (Å²) < 4.78 is 1.90. The van der Waals surface area contributed by atoms with Gasteiger partial charge in [-0.3, -0.25) is 15.1 Å². The standard InChI is InChI=1S/C24H23BrClN5O2/c25-18-12-17-4-3-16-13-19(26)5-6-21(16)23(22(17)27-14-18)29-8-10-30(11-9-29)24(32)28-20-2-1-7-31(33)15-20/h1-2,5-7,12-15,23H,3-4,8-11H2,(H-,28,32,33)/p+1. The zero-order chi connectivity index (χ0) is 22.9. The molecule has 1 aliphatic carbocycles. The van der Waals surface area contributed by atoms with Crippen LogP contribution in [0.15, 0.2) is 59.5 Å². The van der Waals surface area contributed by atoms with Crippen LogP contribution in [0.25, 0.3) is 0 Å². The summed E-state index contributed by atoms with van der Waals surface area (Å²) >= 11 is 9.89. The van der Waals surface area contributed by atoms with Crippen LogP contribution in [0, 0.1) is 0 Å². The Labute approximate surface area is 205 Å². The number of amides is 2. The molecule has 7 nitrogen and oxygen atoms in total. The molecule has 2 aliphatic rings. The lowest BCUT2D eigenvalue weighted by Crippen LogP contribution is -2.51. The monoisotopic (exact) mass is 528 g/mol. The van der Waals surface area contributed by atoms with Gasteiger partial charge in [0, 0.05) is 52.7 Å². The first kappa shape index (κ1) is 22.1. The Hall–Kier alpha value is -2.68. The number of halogens is 2. The third kappa shape index (κ3) is 4.69. The zero-order valence-corrected chi connectivity index (χ0v) is 20.3. The van der Waals surface area contributed by atoms with Gasteiger partial charge in [-0.15, -0.1) is 0 Å². The largest absolute Gasteiger partial charge is 0.322 e. The summed E-state index contributed by atoms with van der Waals surface area (Å²) in [7, 11) is 0. The van der Waals surface area contributed by atoms with Gasteiger partial charge in [-0.25, -0.2) is 4.79 Å². The third-order valence-corrected chi connectivity index (χ3v) is 6.96. The van der Waals surface area contributed by atoms with E-state index in [9.17, 15) is 10.0 Å². The second kappa shape index (κ2) is 9.29. The van der Waals surface area contributed by atoms with Crippen LogP contribution >= 0.6 is 27.5 Å². The van der Waals surface area contributed by atoms with Crippen LogP contribution in [0.2, 0.25) is 5.02 Å². The molecule has 5 rings (SSSR count). The highest BCUT2D eigenvalue weighted by Crippen LogP contribution is 2.38. The molecule has 1 aromatic carbocycles. The van der Waals surface area contributed by atoms with Crippen molar-refractivity contribution >= 4 is 39.2 Å². The molecule has 0 bridgehead atoms. The second-order valence-corrected chi connectivity index (χ2v) is 9.72. The summed E-state index contributed by atoms with van der Waals surface area (Å²) in [6, 6.07) is 11.6. The summed E-state index contributed by atoms with van der Waals surface area (Å²) in [4.78, 5) is 21.8. The molecule has 1 unspecified atom stereocenters. The Kier molecular flexibility index (Phi) is 6.23. The maximum absolute atomic E-state index is 12.8. The Morgan fingerprint density at radius 3 is 2.73 bits per heavy atom. The number of aromatic nitrogens is 2. The first-order valence-electron chi connectivity index (χ1n) is 10.9. The number of aryl methyl sites for hydroxylation is 2. The molecular formula is C24H24BrClN5O2+. The van der Waals surface area contributed by atoms with Gasteiger partial charge in [0.25, 0.3) is 0 Å². The number of carbonyl (C=O) groups is 1. The fourth-order valence-corrected chi connectivity index (χ4v) is 5.28. The van der Waals surface area contributed by atoms with E-state index < -0.39 is 0 Å². The van der Waals surface area contributed by atoms with E-state index in [-0.39, 0.29) is 12.1 Å². The molecule has 3 aromatic rings. The van der Waals surface area contributed by atoms with Crippen molar-refractivity contribution in [3.05, 3.63) is 86.9 Å². The number of anilines is 1. The smallest absolute Gasteiger partial charge is 0.322 e. The molecule has 1 atom stereocenters. The van der Waals surface area contributed by atoms with E-state index in [1.807, 2.05) is 12.3 Å². The van der Waals surface area contributed by atoms with Gasteiger partial charge >= 0.3 is 6.03 Å². The number of benzene rings is 1. The van der Waals surface area contributed by atoms with Crippen LogP contribution in [0.4, 0.5) is 10.5 Å². The molecule has 2 N–H and O–H groups in total. The van der Waals surface area contributed by atoms with Gasteiger partial charge in [0.15, 0.2) is 0 Å². The Morgan fingerprint density at radius 1 is 1.15 bits per heavy atom. The minimum absolute atomic E-state index is 0.0237. The number of pyridine rings is 2. The molecule has 170 valence electrons. The van der Waals surface area contributed by atoms with Gasteiger partial charge in [0.1, 0.15) is 5.69 Å². The predicted molar refractivity (Wildman–Crippen MR) is 129 cm³/mol. The van der Waals surface area contributed by atoms with Crippen molar-refractivity contribution in [2.24, 2.45) is 0 Å². The molecule has 0 saturated carbocycles. The minimum Gasteiger partial charge on any atom is -0.322 e. The van der Waals surface area contributed by atoms with E-state index in [2.05, 4.69) is 44.3 Å². The van der Waals surface area contributed by atoms with Crippen LogP contribution in [-0.4, -0.2) is 52.2 Å². The molecule has 0 radical (unpaired) electrons. The van der Waals surface area contributed by atoms with Crippen molar-refractivity contribution in [3.8, 4) is 0 Å². The highest BCUT2D eigenvalue weighted by molar-refractivity contribution is 9.10. The highest BCUT2D eigenvalue weighted by atomic mass is 79.9. The number of nitrogens with zero attached hydrogens (tertiary/aromatic N) is 4. The molecule has 33 heavy (non-hydrogen) atoms. The normalized spacial score (nSPS) is 18.2. The molecule has 2 aromatic heterocycles. The average molecular weight is 530 g/mol. The topological polar surface area (TPSA) is 72.6 Å². The van der Waals surface area contributed by atoms with Crippen LogP contribution in [0.5, 0.6) is 0 Å². The summed E-state index contributed by atoms with van der Waals surface area (Å²) in [5.74, 6) is 0. The van der Waals surface area contributed by atoms with E-state index in [1.54, 1.807) is 17.0 Å². The molecule has 1 saturated heterocycles. The molecule has 1 aliphatic heterocycles. The van der Waals surface area contributed by atoms with Crippen LogP contribution in [-0.2, 0) is 12.8 Å². The summed E-state index contributed by atoms with van der Waals surface area (Å²) in [5, 5.41) is 13.2. The van der Waals surface area contributed by atoms with Gasteiger partial charge in [0.2, 0.25) is 12.4 Å². The number of piperazine rings is 1. The molecule has 0 spiro atoms. The summed E-state index contributed by atoms with van der Waals surface area (Å²) in [6.45, 7) is 2.66. The summed E-state index contributed by atoms with van der Waals surface area (Å²) in [6.07, 6.45) is 6.65. The van der Waals surface area contributed by atoms with Gasteiger partial charge in [-0.2, -0.15) is 0 Å². The number of urea groups is 1. The van der Waals surface area contributed by atoms with Crippen LogP contribution in [0.3, 0.4) is 0 Å². The van der Waals surface area contributed by atoms with Crippen molar-refractivity contribution < 1.29 is 14.7 Å². The van der Waals surface area contributed by atoms with Crippen LogP contribution in [0.1, 0.15) is 28.4 Å². The molecule has 9 heteroatoms. The zero-order valence-electron chi connectivity index (χ0n) is 17.9. The third-order valence-electron chi connectivity index (χ3n) is 6.29. The lowest BCUT2D eigenvalue weighted by atomic mass is 9.96. The Morgan fingerprint density at radius 2 is 1.94 bits per heavy atom. The average Bonchev–Trinajstić information content (AvgIpc) is 2.95. The number of hydrogen-bond donors (Lipinski definition) is 2. The van der Waals surface area contributed by atoms with Crippen molar-refractivity contribution in [2.75, 3.05) is 31.5 Å². The Bertz CT molecular complexity index is 1150. The van der Waals surface area contributed by atoms with E-state index >= 15 is 0 Å². The fraction of sp³-hybridized carbons (Fsp3) is 0.292. The van der Waals surface area contributed by atoms with E-state index in [4.69, 9.17) is 16.6 Å². The first-order valence-corrected chi connectivity index (χ1v) is 12.1. The van der Waals surface area contributed by atoms with Crippen molar-refractivity contribution in [1.82, 2.24) is 14.8 Å². The van der Waals surface area contributed by atoms with Crippen molar-refractivity contribution in [2.45, 2.75) is 18.9 Å². The minimum atomic E-state index is -0.170. The highest BCUT2D eigenvalue weighted by Gasteiger charge is 2.33. The summed E-state index contributed by atoms with van der Waals surface area (Å²) in [5.41, 5.74) is 5.36. The lowest BCUT2D eigenvalue weighted by Gasteiger charge is -2.39. The van der Waals surface area contributed by atoms with E-state index in [0.717, 1.165) is 45.9 Å².